The van der Waals surface area contributed by atoms with Crippen molar-refractivity contribution < 1.29 is 4.79 Å². The average molecular weight is 390 g/mol. The standard InChI is InChI=1S/C12H12BrN3OS3/c1-16(2)12(18)19-6-11(17)15-10-4-3-8(20-7-14)5-9(10)13/h3-5H,6H2,1-2H3,(H,15,17). The van der Waals surface area contributed by atoms with Crippen molar-refractivity contribution in [3.05, 3.63) is 22.7 Å². The van der Waals surface area contributed by atoms with Crippen LogP contribution in [0.1, 0.15) is 0 Å². The predicted octanol–water partition coefficient (Wildman–Crippen LogP) is 3.54. The number of thiocyanates is 1. The number of anilines is 1. The molecule has 0 bridgehead atoms. The van der Waals surface area contributed by atoms with Gasteiger partial charge in [-0.1, -0.05) is 24.0 Å². The number of benzene rings is 1. The Morgan fingerprint density at radius 1 is 1.55 bits per heavy atom. The molecule has 0 aliphatic heterocycles. The Balaban J connectivity index is 2.58. The van der Waals surface area contributed by atoms with Gasteiger partial charge in [0, 0.05) is 23.5 Å². The minimum absolute atomic E-state index is 0.124. The van der Waals surface area contributed by atoms with Gasteiger partial charge in [0.2, 0.25) is 5.91 Å². The monoisotopic (exact) mass is 389 g/mol. The van der Waals surface area contributed by atoms with Gasteiger partial charge in [-0.3, -0.25) is 4.79 Å². The van der Waals surface area contributed by atoms with Crippen LogP contribution in [-0.2, 0) is 4.79 Å². The summed E-state index contributed by atoms with van der Waals surface area (Å²) in [5.74, 6) is 0.138. The van der Waals surface area contributed by atoms with Crippen molar-refractivity contribution in [1.82, 2.24) is 4.90 Å². The van der Waals surface area contributed by atoms with Gasteiger partial charge in [0.25, 0.3) is 0 Å². The van der Waals surface area contributed by atoms with Gasteiger partial charge in [0.05, 0.1) is 11.4 Å². The molecule has 20 heavy (non-hydrogen) atoms. The second kappa shape index (κ2) is 8.52. The van der Waals surface area contributed by atoms with E-state index in [4.69, 9.17) is 17.5 Å². The molecule has 0 atom stereocenters. The van der Waals surface area contributed by atoms with Crippen LogP contribution in [-0.4, -0.2) is 35.0 Å². The molecule has 0 saturated carbocycles. The lowest BCUT2D eigenvalue weighted by atomic mass is 10.3. The molecule has 8 heteroatoms. The Morgan fingerprint density at radius 2 is 2.25 bits per heavy atom. The van der Waals surface area contributed by atoms with Gasteiger partial charge in [-0.15, -0.1) is 0 Å². The zero-order valence-electron chi connectivity index (χ0n) is 10.8. The molecule has 1 aromatic carbocycles. The summed E-state index contributed by atoms with van der Waals surface area (Å²) in [6.45, 7) is 0. The van der Waals surface area contributed by atoms with Crippen LogP contribution in [0, 0.1) is 10.7 Å². The normalized spacial score (nSPS) is 9.70. The maximum atomic E-state index is 11.8. The van der Waals surface area contributed by atoms with Crippen LogP contribution < -0.4 is 5.32 Å². The summed E-state index contributed by atoms with van der Waals surface area (Å²) in [5, 5.41) is 13.4. The Hall–Kier alpha value is -0.750. The van der Waals surface area contributed by atoms with Crippen LogP contribution in [0.25, 0.3) is 0 Å². The van der Waals surface area contributed by atoms with Crippen molar-refractivity contribution in [2.24, 2.45) is 0 Å². The number of nitrogens with zero attached hydrogens (tertiary/aromatic N) is 2. The van der Waals surface area contributed by atoms with Gasteiger partial charge in [-0.05, 0) is 45.9 Å². The maximum Gasteiger partial charge on any atom is 0.234 e. The fourth-order valence-corrected chi connectivity index (χ4v) is 2.97. The first-order chi connectivity index (χ1) is 9.43. The fourth-order valence-electron chi connectivity index (χ4n) is 1.16. The molecule has 1 amide bonds. The first-order valence-corrected chi connectivity index (χ1v) is 8.43. The van der Waals surface area contributed by atoms with E-state index in [9.17, 15) is 4.79 Å². The number of thioether (sulfide) groups is 2. The van der Waals surface area contributed by atoms with E-state index in [0.29, 0.717) is 10.0 Å². The Kier molecular flexibility index (Phi) is 7.37. The van der Waals surface area contributed by atoms with Gasteiger partial charge in [0.1, 0.15) is 9.72 Å². The number of hydrogen-bond donors (Lipinski definition) is 1. The van der Waals surface area contributed by atoms with Crippen molar-refractivity contribution in [2.75, 3.05) is 25.2 Å². The summed E-state index contributed by atoms with van der Waals surface area (Å²) in [4.78, 5) is 14.4. The zero-order valence-corrected chi connectivity index (χ0v) is 14.9. The van der Waals surface area contributed by atoms with E-state index in [1.165, 1.54) is 11.8 Å². The lowest BCUT2D eigenvalue weighted by molar-refractivity contribution is -0.113. The summed E-state index contributed by atoms with van der Waals surface area (Å²) in [6.07, 6.45) is 0. The van der Waals surface area contributed by atoms with Crippen LogP contribution in [0.3, 0.4) is 0 Å². The summed E-state index contributed by atoms with van der Waals surface area (Å²) in [5.41, 5.74) is 0.675. The highest BCUT2D eigenvalue weighted by atomic mass is 79.9. The smallest absolute Gasteiger partial charge is 0.234 e. The molecule has 0 saturated heterocycles. The molecule has 4 nitrogen and oxygen atoms in total. The summed E-state index contributed by atoms with van der Waals surface area (Å²) in [6, 6.07) is 5.34. The lowest BCUT2D eigenvalue weighted by Crippen LogP contribution is -2.20. The third-order valence-corrected chi connectivity index (χ3v) is 5.04. The number of halogens is 1. The molecule has 0 heterocycles. The molecule has 0 aromatic heterocycles. The van der Waals surface area contributed by atoms with Gasteiger partial charge >= 0.3 is 0 Å². The van der Waals surface area contributed by atoms with E-state index >= 15 is 0 Å². The Morgan fingerprint density at radius 3 is 2.80 bits per heavy atom. The van der Waals surface area contributed by atoms with Gasteiger partial charge < -0.3 is 10.2 Å². The largest absolute Gasteiger partial charge is 0.364 e. The predicted molar refractivity (Wildman–Crippen MR) is 93.0 cm³/mol. The number of nitriles is 1. The molecule has 1 rings (SSSR count). The molecule has 0 fully saturated rings. The topological polar surface area (TPSA) is 56.1 Å². The molecule has 0 aliphatic rings. The average Bonchev–Trinajstić information content (AvgIpc) is 2.39. The van der Waals surface area contributed by atoms with Gasteiger partial charge in [0.15, 0.2) is 0 Å². The zero-order chi connectivity index (χ0) is 15.1. The van der Waals surface area contributed by atoms with E-state index < -0.39 is 0 Å². The van der Waals surface area contributed by atoms with E-state index in [-0.39, 0.29) is 11.7 Å². The highest BCUT2D eigenvalue weighted by Crippen LogP contribution is 2.28. The van der Waals surface area contributed by atoms with Crippen LogP contribution in [0.2, 0.25) is 0 Å². The molecule has 1 N–H and O–H groups in total. The second-order valence-electron chi connectivity index (χ2n) is 3.83. The van der Waals surface area contributed by atoms with Crippen molar-refractivity contribution in [3.63, 3.8) is 0 Å². The SMILES string of the molecule is CN(C)C(=S)SCC(=O)Nc1ccc(SC#N)cc1Br. The third-order valence-electron chi connectivity index (χ3n) is 2.07. The number of amides is 1. The summed E-state index contributed by atoms with van der Waals surface area (Å²) < 4.78 is 1.41. The second-order valence-corrected chi connectivity index (χ2v) is 7.15. The minimum Gasteiger partial charge on any atom is -0.364 e. The van der Waals surface area contributed by atoms with Crippen molar-refractivity contribution in [3.8, 4) is 5.40 Å². The van der Waals surface area contributed by atoms with E-state index in [2.05, 4.69) is 21.2 Å². The molecule has 0 aliphatic carbocycles. The van der Waals surface area contributed by atoms with Crippen LogP contribution >= 0.6 is 51.7 Å². The Bertz CT molecular complexity index is 557. The first-order valence-electron chi connectivity index (χ1n) is 5.43. The number of carbonyl (C=O) groups is 1. The minimum atomic E-state index is -0.124. The number of carbonyl (C=O) groups excluding carboxylic acids is 1. The van der Waals surface area contributed by atoms with Gasteiger partial charge in [-0.25, -0.2) is 0 Å². The van der Waals surface area contributed by atoms with Crippen molar-refractivity contribution >= 4 is 67.6 Å². The molecule has 1 aromatic rings. The lowest BCUT2D eigenvalue weighted by Gasteiger charge is -2.13. The van der Waals surface area contributed by atoms with Gasteiger partial charge in [-0.2, -0.15) is 5.26 Å². The van der Waals surface area contributed by atoms with Crippen molar-refractivity contribution in [2.45, 2.75) is 4.90 Å². The Labute approximate surface area is 140 Å². The summed E-state index contributed by atoms with van der Waals surface area (Å²) >= 11 is 10.9. The van der Waals surface area contributed by atoms with Crippen LogP contribution in [0.15, 0.2) is 27.6 Å². The van der Waals surface area contributed by atoms with E-state index in [1.807, 2.05) is 19.5 Å². The molecule has 0 spiro atoms. The van der Waals surface area contributed by atoms with E-state index in [0.717, 1.165) is 21.1 Å². The molecular formula is C12H12BrN3OS3. The molecular weight excluding hydrogens is 378 g/mol. The molecule has 0 radical (unpaired) electrons. The van der Waals surface area contributed by atoms with Crippen LogP contribution in [0.4, 0.5) is 5.69 Å². The van der Waals surface area contributed by atoms with Crippen molar-refractivity contribution in [1.29, 1.82) is 5.26 Å². The van der Waals surface area contributed by atoms with E-state index in [1.54, 1.807) is 23.1 Å². The maximum absolute atomic E-state index is 11.8. The number of hydrogen-bond acceptors (Lipinski definition) is 5. The highest BCUT2D eigenvalue weighted by Gasteiger charge is 2.09. The first kappa shape index (κ1) is 17.3. The quantitative estimate of drug-likeness (QED) is 0.482. The number of thiocarbonyl (C=S) groups is 1. The highest BCUT2D eigenvalue weighted by molar-refractivity contribution is 9.10. The van der Waals surface area contributed by atoms with Crippen LogP contribution in [0.5, 0.6) is 0 Å². The number of nitrogens with one attached hydrogen (secondary N) is 1. The third kappa shape index (κ3) is 5.71. The molecule has 106 valence electrons. The molecule has 0 unspecified atom stereocenters. The number of rotatable bonds is 4. The summed E-state index contributed by atoms with van der Waals surface area (Å²) in [7, 11) is 3.69. The fraction of sp³-hybridized carbons (Fsp3) is 0.250.